The van der Waals surface area contributed by atoms with Gasteiger partial charge in [-0.3, -0.25) is 10.6 Å². The minimum atomic E-state index is -0.600. The molecule has 1 saturated carbocycles. The Morgan fingerprint density at radius 2 is 2.22 bits per heavy atom. The Morgan fingerprint density at radius 3 is 2.96 bits per heavy atom. The van der Waals surface area contributed by atoms with E-state index in [4.69, 9.17) is 15.9 Å². The average molecular weight is 376 g/mol. The molecule has 11 heteroatoms. The monoisotopic (exact) mass is 376 g/mol. The van der Waals surface area contributed by atoms with Gasteiger partial charge in [0.15, 0.2) is 5.84 Å². The number of nitrogens with one attached hydrogen (secondary N) is 2. The quantitative estimate of drug-likeness (QED) is 0.346. The first-order valence-electron chi connectivity index (χ1n) is 8.33. The van der Waals surface area contributed by atoms with E-state index in [-0.39, 0.29) is 29.6 Å². The van der Waals surface area contributed by atoms with Gasteiger partial charge in [-0.1, -0.05) is 6.07 Å². The summed E-state index contributed by atoms with van der Waals surface area (Å²) in [6, 6.07) is 3.11. The summed E-state index contributed by atoms with van der Waals surface area (Å²) in [6.45, 7) is 0. The lowest BCUT2D eigenvalue weighted by atomic mass is 9.83. The number of carbonyl (C=O) groups excluding carboxylic acids is 1. The van der Waals surface area contributed by atoms with Crippen LogP contribution in [0.5, 0.6) is 5.88 Å². The first kappa shape index (κ1) is 17.2. The van der Waals surface area contributed by atoms with Crippen LogP contribution in [-0.4, -0.2) is 44.6 Å². The smallest absolute Gasteiger partial charge is 0.312 e. The number of fused-ring (bicyclic) bond motifs is 1. The zero-order valence-electron chi connectivity index (χ0n) is 14.1. The Balaban J connectivity index is 1.40. The maximum absolute atomic E-state index is 13.4. The van der Waals surface area contributed by atoms with Gasteiger partial charge in [0.2, 0.25) is 5.69 Å². The number of amidine groups is 1. The van der Waals surface area contributed by atoms with Crippen molar-refractivity contribution in [1.82, 2.24) is 20.7 Å². The summed E-state index contributed by atoms with van der Waals surface area (Å²) in [5.41, 5.74) is 6.52. The van der Waals surface area contributed by atoms with Gasteiger partial charge in [-0.15, -0.1) is 0 Å². The van der Waals surface area contributed by atoms with E-state index in [0.717, 1.165) is 5.56 Å². The number of hydrogen-bond donors (Lipinski definition) is 4. The fourth-order valence-corrected chi connectivity index (χ4v) is 3.27. The molecular weight excluding hydrogens is 359 g/mol. The molecule has 0 saturated heterocycles. The van der Waals surface area contributed by atoms with Crippen LogP contribution in [0.15, 0.2) is 22.8 Å². The van der Waals surface area contributed by atoms with Gasteiger partial charge < -0.3 is 15.8 Å². The van der Waals surface area contributed by atoms with Gasteiger partial charge in [-0.2, -0.15) is 0 Å². The molecule has 1 fully saturated rings. The molecule has 0 spiro atoms. The third kappa shape index (κ3) is 3.16. The number of amides is 2. The number of primary amides is 1. The van der Waals surface area contributed by atoms with E-state index in [9.17, 15) is 14.4 Å². The number of benzene rings is 1. The molecule has 1 aromatic carbocycles. The van der Waals surface area contributed by atoms with Crippen molar-refractivity contribution in [3.63, 3.8) is 0 Å². The number of halogens is 1. The van der Waals surface area contributed by atoms with Crippen molar-refractivity contribution in [1.29, 1.82) is 5.41 Å². The first-order chi connectivity index (χ1) is 12.9. The van der Waals surface area contributed by atoms with Crippen molar-refractivity contribution in [3.05, 3.63) is 40.8 Å². The summed E-state index contributed by atoms with van der Waals surface area (Å²) in [6.07, 6.45) is 1.28. The highest BCUT2D eigenvalue weighted by atomic mass is 19.1. The maximum atomic E-state index is 13.4. The number of hydroxylamine groups is 2. The van der Waals surface area contributed by atoms with Crippen LogP contribution in [0.25, 0.3) is 0 Å². The van der Waals surface area contributed by atoms with Gasteiger partial charge in [0, 0.05) is 18.9 Å². The average Bonchev–Trinajstić information content (AvgIpc) is 3.03. The lowest BCUT2D eigenvalue weighted by molar-refractivity contribution is -0.0635. The van der Waals surface area contributed by atoms with E-state index in [1.807, 2.05) is 0 Å². The fraction of sp³-hybridized carbons (Fsp3) is 0.375. The molecule has 142 valence electrons. The van der Waals surface area contributed by atoms with Gasteiger partial charge >= 0.3 is 6.03 Å². The van der Waals surface area contributed by atoms with E-state index in [1.54, 1.807) is 6.07 Å². The normalized spacial score (nSPS) is 22.8. The van der Waals surface area contributed by atoms with Crippen LogP contribution in [-0.2, 0) is 6.42 Å². The van der Waals surface area contributed by atoms with Crippen molar-refractivity contribution < 1.29 is 23.8 Å². The number of urea groups is 1. The molecule has 2 aliphatic rings. The van der Waals surface area contributed by atoms with Gasteiger partial charge in [-0.05, 0) is 40.0 Å². The van der Waals surface area contributed by atoms with E-state index in [0.29, 0.717) is 29.9 Å². The summed E-state index contributed by atoms with van der Waals surface area (Å²) in [5, 5.41) is 29.1. The summed E-state index contributed by atoms with van der Waals surface area (Å²) in [5.74, 6) is -0.799. The second kappa shape index (κ2) is 6.50. The SMILES string of the molecule is N=C(c1nonc1O[C@H]1C[C@@H](NC(N)=O)C1)N(O)[C@H]1Cc2ccc(F)cc21. The van der Waals surface area contributed by atoms with Crippen molar-refractivity contribution >= 4 is 11.9 Å². The Labute approximate surface area is 152 Å². The van der Waals surface area contributed by atoms with Crippen molar-refractivity contribution in [2.24, 2.45) is 5.73 Å². The number of rotatable bonds is 5. The highest BCUT2D eigenvalue weighted by Crippen LogP contribution is 2.38. The highest BCUT2D eigenvalue weighted by Gasteiger charge is 2.37. The second-order valence-corrected chi connectivity index (χ2v) is 6.59. The summed E-state index contributed by atoms with van der Waals surface area (Å²) < 4.78 is 23.7. The molecule has 0 aliphatic heterocycles. The molecule has 1 atom stereocenters. The maximum Gasteiger partial charge on any atom is 0.312 e. The number of hydrogen-bond acceptors (Lipinski definition) is 7. The van der Waals surface area contributed by atoms with E-state index in [1.165, 1.54) is 12.1 Å². The Morgan fingerprint density at radius 1 is 1.44 bits per heavy atom. The number of nitrogens with zero attached hydrogens (tertiary/aromatic N) is 3. The molecule has 2 amide bonds. The minimum Gasteiger partial charge on any atom is -0.470 e. The van der Waals surface area contributed by atoms with Crippen molar-refractivity contribution in [3.8, 4) is 5.88 Å². The van der Waals surface area contributed by atoms with Gasteiger partial charge in [-0.25, -0.2) is 18.9 Å². The van der Waals surface area contributed by atoms with Crippen LogP contribution in [0.2, 0.25) is 0 Å². The lowest BCUT2D eigenvalue weighted by Gasteiger charge is -2.36. The molecule has 2 aliphatic carbocycles. The third-order valence-corrected chi connectivity index (χ3v) is 4.81. The molecular formula is C16H17FN6O4. The second-order valence-electron chi connectivity index (χ2n) is 6.59. The predicted octanol–water partition coefficient (Wildman–Crippen LogP) is 1.10. The third-order valence-electron chi connectivity index (χ3n) is 4.81. The molecule has 0 unspecified atom stereocenters. The summed E-state index contributed by atoms with van der Waals surface area (Å²) in [7, 11) is 0. The van der Waals surface area contributed by atoms with Crippen LogP contribution >= 0.6 is 0 Å². The Kier molecular flexibility index (Phi) is 4.15. The zero-order valence-corrected chi connectivity index (χ0v) is 14.1. The molecule has 10 nitrogen and oxygen atoms in total. The summed E-state index contributed by atoms with van der Waals surface area (Å²) >= 11 is 0. The molecule has 5 N–H and O–H groups in total. The molecule has 1 heterocycles. The highest BCUT2D eigenvalue weighted by molar-refractivity contribution is 5.96. The predicted molar refractivity (Wildman–Crippen MR) is 87.8 cm³/mol. The Hall–Kier alpha value is -3.21. The molecule has 27 heavy (non-hydrogen) atoms. The fourth-order valence-electron chi connectivity index (χ4n) is 3.27. The molecule has 1 aromatic heterocycles. The zero-order chi connectivity index (χ0) is 19.1. The van der Waals surface area contributed by atoms with Gasteiger partial charge in [0.25, 0.3) is 5.88 Å². The number of aromatic nitrogens is 2. The standard InChI is InChI=1S/C16H17FN6O4/c17-8-2-1-7-3-12(11(7)4-8)23(25)14(18)13-15(22-27-21-13)26-10-5-9(6-10)20-16(19)24/h1-2,4,9-10,12,18,25H,3,5-6H2,(H3,19,20,24)/t9-,10+,12-/m0/s1. The Bertz CT molecular complexity index is 897. The molecule has 4 rings (SSSR count). The molecule has 0 radical (unpaired) electrons. The van der Waals surface area contributed by atoms with Gasteiger partial charge in [0.1, 0.15) is 11.9 Å². The van der Waals surface area contributed by atoms with E-state index in [2.05, 4.69) is 20.3 Å². The number of nitrogens with two attached hydrogens (primary N) is 1. The van der Waals surface area contributed by atoms with Crippen LogP contribution in [0.3, 0.4) is 0 Å². The van der Waals surface area contributed by atoms with Crippen LogP contribution in [0.4, 0.5) is 9.18 Å². The summed E-state index contributed by atoms with van der Waals surface area (Å²) in [4.78, 5) is 10.8. The topological polar surface area (TPSA) is 151 Å². The van der Waals surface area contributed by atoms with Crippen LogP contribution < -0.4 is 15.8 Å². The lowest BCUT2D eigenvalue weighted by Crippen LogP contribution is -2.50. The number of ether oxygens (including phenoxy) is 1. The first-order valence-corrected chi connectivity index (χ1v) is 8.33. The van der Waals surface area contributed by atoms with Gasteiger partial charge in [0.05, 0.1) is 6.04 Å². The largest absolute Gasteiger partial charge is 0.470 e. The molecule has 2 aromatic rings. The molecule has 0 bridgehead atoms. The van der Waals surface area contributed by atoms with Crippen LogP contribution in [0, 0.1) is 11.2 Å². The van der Waals surface area contributed by atoms with Crippen LogP contribution in [0.1, 0.15) is 35.7 Å². The minimum absolute atomic E-state index is 0.0274. The number of carbonyl (C=O) groups is 1. The van der Waals surface area contributed by atoms with Crippen molar-refractivity contribution in [2.45, 2.75) is 37.5 Å². The van der Waals surface area contributed by atoms with E-state index >= 15 is 0 Å². The van der Waals surface area contributed by atoms with E-state index < -0.39 is 17.9 Å². The van der Waals surface area contributed by atoms with Crippen molar-refractivity contribution in [2.75, 3.05) is 0 Å².